The maximum absolute atomic E-state index is 9.04. The van der Waals surface area contributed by atoms with Crippen molar-refractivity contribution in [1.82, 2.24) is 9.88 Å². The van der Waals surface area contributed by atoms with Gasteiger partial charge in [0.25, 0.3) is 0 Å². The van der Waals surface area contributed by atoms with E-state index in [4.69, 9.17) is 21.4 Å². The molecule has 0 spiro atoms. The van der Waals surface area contributed by atoms with Crippen molar-refractivity contribution in [2.75, 3.05) is 45.8 Å². The lowest BCUT2D eigenvalue weighted by Gasteiger charge is -2.21. The van der Waals surface area contributed by atoms with E-state index in [9.17, 15) is 0 Å². The summed E-state index contributed by atoms with van der Waals surface area (Å²) >= 11 is 6.12. The molecular weight excluding hydrogens is 254 g/mol. The molecule has 1 rings (SSSR count). The summed E-state index contributed by atoms with van der Waals surface area (Å²) in [7, 11) is 3.47. The van der Waals surface area contributed by atoms with Crippen molar-refractivity contribution in [2.45, 2.75) is 6.54 Å². The van der Waals surface area contributed by atoms with Gasteiger partial charge in [-0.3, -0.25) is 4.90 Å². The second-order valence-corrected chi connectivity index (χ2v) is 4.27. The summed E-state index contributed by atoms with van der Waals surface area (Å²) in [4.78, 5) is 6.47. The van der Waals surface area contributed by atoms with E-state index in [1.807, 2.05) is 19.2 Å². The number of anilines is 1. The normalized spacial score (nSPS) is 10.9. The molecule has 0 aromatic carbocycles. The molecule has 6 heteroatoms. The van der Waals surface area contributed by atoms with Crippen molar-refractivity contribution in [2.24, 2.45) is 0 Å². The number of nitrogens with one attached hydrogen (secondary N) is 1. The Bertz CT molecular complexity index is 363. The van der Waals surface area contributed by atoms with Crippen molar-refractivity contribution in [1.29, 1.82) is 0 Å². The maximum atomic E-state index is 9.04. The molecule has 0 aliphatic rings. The van der Waals surface area contributed by atoms with E-state index in [0.29, 0.717) is 24.7 Å². The molecule has 1 aromatic heterocycles. The molecule has 1 heterocycles. The number of aromatic nitrogens is 1. The number of rotatable bonds is 8. The average Bonchev–Trinajstić information content (AvgIpc) is 2.38. The van der Waals surface area contributed by atoms with E-state index >= 15 is 0 Å². The Morgan fingerprint density at radius 2 is 2.22 bits per heavy atom. The van der Waals surface area contributed by atoms with Gasteiger partial charge < -0.3 is 15.2 Å². The van der Waals surface area contributed by atoms with Crippen LogP contribution in [0.1, 0.15) is 5.69 Å². The Labute approximate surface area is 113 Å². The van der Waals surface area contributed by atoms with Crippen LogP contribution in [0.15, 0.2) is 12.1 Å². The predicted molar refractivity (Wildman–Crippen MR) is 73.0 cm³/mol. The Morgan fingerprint density at radius 1 is 1.44 bits per heavy atom. The summed E-state index contributed by atoms with van der Waals surface area (Å²) in [6, 6.07) is 3.65. The fraction of sp³-hybridized carbons (Fsp3) is 0.583. The Hall–Kier alpha value is -0.880. The number of pyridine rings is 1. The first kappa shape index (κ1) is 15.2. The highest BCUT2D eigenvalue weighted by atomic mass is 35.5. The van der Waals surface area contributed by atoms with E-state index in [-0.39, 0.29) is 6.61 Å². The second-order valence-electron chi connectivity index (χ2n) is 3.87. The molecule has 0 bridgehead atoms. The topological polar surface area (TPSA) is 57.6 Å². The van der Waals surface area contributed by atoms with Gasteiger partial charge in [0.15, 0.2) is 0 Å². The molecule has 0 amide bonds. The number of methoxy groups -OCH3 is 1. The first-order chi connectivity index (χ1) is 8.71. The van der Waals surface area contributed by atoms with E-state index < -0.39 is 0 Å². The van der Waals surface area contributed by atoms with Crippen LogP contribution in [0.2, 0.25) is 5.02 Å². The zero-order chi connectivity index (χ0) is 13.4. The number of aliphatic hydroxyl groups is 1. The highest BCUT2D eigenvalue weighted by Gasteiger charge is 2.10. The lowest BCUT2D eigenvalue weighted by molar-refractivity contribution is 0.126. The minimum atomic E-state index is 0.104. The molecule has 0 aliphatic heterocycles. The summed E-state index contributed by atoms with van der Waals surface area (Å²) in [5.41, 5.74) is 0.799. The molecule has 102 valence electrons. The van der Waals surface area contributed by atoms with E-state index in [2.05, 4.69) is 15.2 Å². The third-order valence-electron chi connectivity index (χ3n) is 2.58. The summed E-state index contributed by atoms with van der Waals surface area (Å²) in [6.07, 6.45) is 0. The molecule has 0 unspecified atom stereocenters. The molecule has 0 radical (unpaired) electrons. The van der Waals surface area contributed by atoms with Gasteiger partial charge in [0.1, 0.15) is 5.82 Å². The monoisotopic (exact) mass is 273 g/mol. The second kappa shape index (κ2) is 8.26. The minimum absolute atomic E-state index is 0.104. The summed E-state index contributed by atoms with van der Waals surface area (Å²) in [6.45, 7) is 2.62. The van der Waals surface area contributed by atoms with Gasteiger partial charge in [0.05, 0.1) is 23.9 Å². The SMILES string of the molecule is CNc1ccc(Cl)c(CN(CCO)CCOC)n1. The number of aliphatic hydroxyl groups excluding tert-OH is 1. The van der Waals surface area contributed by atoms with Gasteiger partial charge in [0, 0.05) is 33.8 Å². The molecule has 0 saturated heterocycles. The molecule has 0 fully saturated rings. The van der Waals surface area contributed by atoms with E-state index in [1.54, 1.807) is 7.11 Å². The number of nitrogens with zero attached hydrogens (tertiary/aromatic N) is 2. The van der Waals surface area contributed by atoms with Crippen LogP contribution in [0, 0.1) is 0 Å². The van der Waals surface area contributed by atoms with Crippen LogP contribution in [-0.2, 0) is 11.3 Å². The van der Waals surface area contributed by atoms with Gasteiger partial charge in [-0.15, -0.1) is 0 Å². The minimum Gasteiger partial charge on any atom is -0.395 e. The van der Waals surface area contributed by atoms with Gasteiger partial charge in [-0.25, -0.2) is 4.98 Å². The lowest BCUT2D eigenvalue weighted by atomic mass is 10.3. The highest BCUT2D eigenvalue weighted by molar-refractivity contribution is 6.31. The van der Waals surface area contributed by atoms with Crippen molar-refractivity contribution in [3.05, 3.63) is 22.8 Å². The maximum Gasteiger partial charge on any atom is 0.126 e. The van der Waals surface area contributed by atoms with Crippen molar-refractivity contribution < 1.29 is 9.84 Å². The Morgan fingerprint density at radius 3 is 2.83 bits per heavy atom. The number of halogens is 1. The Kier molecular flexibility index (Phi) is 6.97. The molecule has 5 nitrogen and oxygen atoms in total. The molecule has 18 heavy (non-hydrogen) atoms. The smallest absolute Gasteiger partial charge is 0.126 e. The predicted octanol–water partition coefficient (Wildman–Crippen LogP) is 1.22. The number of hydrogen-bond acceptors (Lipinski definition) is 5. The average molecular weight is 274 g/mol. The first-order valence-corrected chi connectivity index (χ1v) is 6.24. The number of hydrogen-bond donors (Lipinski definition) is 2. The van der Waals surface area contributed by atoms with Gasteiger partial charge in [-0.05, 0) is 12.1 Å². The third-order valence-corrected chi connectivity index (χ3v) is 2.92. The van der Waals surface area contributed by atoms with Crippen LogP contribution in [0.4, 0.5) is 5.82 Å². The van der Waals surface area contributed by atoms with Crippen LogP contribution >= 0.6 is 11.6 Å². The largest absolute Gasteiger partial charge is 0.395 e. The van der Waals surface area contributed by atoms with Crippen molar-refractivity contribution in [3.8, 4) is 0 Å². The van der Waals surface area contributed by atoms with Gasteiger partial charge in [0.2, 0.25) is 0 Å². The molecule has 1 aromatic rings. The fourth-order valence-corrected chi connectivity index (χ4v) is 1.74. The molecule has 0 saturated carbocycles. The van der Waals surface area contributed by atoms with Gasteiger partial charge in [-0.1, -0.05) is 11.6 Å². The highest BCUT2D eigenvalue weighted by Crippen LogP contribution is 2.18. The Balaban J connectivity index is 2.72. The summed E-state index contributed by atoms with van der Waals surface area (Å²) in [5.74, 6) is 0.782. The van der Waals surface area contributed by atoms with Gasteiger partial charge >= 0.3 is 0 Å². The molecule has 0 aliphatic carbocycles. The van der Waals surface area contributed by atoms with Gasteiger partial charge in [-0.2, -0.15) is 0 Å². The van der Waals surface area contributed by atoms with Crippen LogP contribution in [-0.4, -0.2) is 55.5 Å². The third kappa shape index (κ3) is 4.78. The van der Waals surface area contributed by atoms with Crippen LogP contribution in [0.3, 0.4) is 0 Å². The molecular formula is C12H20ClN3O2. The summed E-state index contributed by atoms with van der Waals surface area (Å²) < 4.78 is 5.04. The fourth-order valence-electron chi connectivity index (χ4n) is 1.58. The molecule has 0 atom stereocenters. The summed E-state index contributed by atoms with van der Waals surface area (Å²) in [5, 5.41) is 12.7. The van der Waals surface area contributed by atoms with Crippen LogP contribution < -0.4 is 5.32 Å². The van der Waals surface area contributed by atoms with Crippen molar-refractivity contribution >= 4 is 17.4 Å². The lowest BCUT2D eigenvalue weighted by Crippen LogP contribution is -2.30. The quantitative estimate of drug-likeness (QED) is 0.746. The van der Waals surface area contributed by atoms with Crippen molar-refractivity contribution in [3.63, 3.8) is 0 Å². The van der Waals surface area contributed by atoms with E-state index in [1.165, 1.54) is 0 Å². The van der Waals surface area contributed by atoms with E-state index in [0.717, 1.165) is 18.1 Å². The standard InChI is InChI=1S/C12H20ClN3O2/c1-14-12-4-3-10(13)11(15-12)9-16(5-7-17)6-8-18-2/h3-4,17H,5-9H2,1-2H3,(H,14,15). The van der Waals surface area contributed by atoms with Crippen LogP contribution in [0.5, 0.6) is 0 Å². The zero-order valence-electron chi connectivity index (χ0n) is 10.8. The number of ether oxygens (including phenoxy) is 1. The van der Waals surface area contributed by atoms with Crippen LogP contribution in [0.25, 0.3) is 0 Å². The molecule has 2 N–H and O–H groups in total. The first-order valence-electron chi connectivity index (χ1n) is 5.86. The zero-order valence-corrected chi connectivity index (χ0v) is 11.6.